The van der Waals surface area contributed by atoms with Crippen molar-refractivity contribution in [2.45, 2.75) is 39.2 Å². The molecule has 0 saturated heterocycles. The quantitative estimate of drug-likeness (QED) is 0.906. The van der Waals surface area contributed by atoms with Crippen molar-refractivity contribution in [3.63, 3.8) is 0 Å². The molecule has 0 fully saturated rings. The summed E-state index contributed by atoms with van der Waals surface area (Å²) >= 11 is 0. The minimum Gasteiger partial charge on any atom is -0.478 e. The molecule has 0 saturated carbocycles. The van der Waals surface area contributed by atoms with Crippen LogP contribution in [0, 0.1) is 13.8 Å². The Balaban J connectivity index is 1.71. The highest BCUT2D eigenvalue weighted by Gasteiger charge is 2.24. The number of carboxylic acids is 1. The number of carbonyl (C=O) groups is 2. The lowest BCUT2D eigenvalue weighted by Gasteiger charge is -2.25. The summed E-state index contributed by atoms with van der Waals surface area (Å²) < 4.78 is 5.34. The second-order valence-corrected chi connectivity index (χ2v) is 5.85. The van der Waals surface area contributed by atoms with Crippen molar-refractivity contribution in [2.75, 3.05) is 0 Å². The Morgan fingerprint density at radius 1 is 1.30 bits per heavy atom. The minimum absolute atomic E-state index is 0.00971. The van der Waals surface area contributed by atoms with Gasteiger partial charge in [-0.05, 0) is 49.4 Å². The number of hydrogen-bond acceptors (Lipinski definition) is 4. The zero-order valence-corrected chi connectivity index (χ0v) is 13.0. The van der Waals surface area contributed by atoms with E-state index in [9.17, 15) is 9.59 Å². The fourth-order valence-electron chi connectivity index (χ4n) is 3.00. The van der Waals surface area contributed by atoms with Crippen molar-refractivity contribution in [3.05, 3.63) is 52.2 Å². The van der Waals surface area contributed by atoms with Gasteiger partial charge in [0.25, 0.3) is 5.91 Å². The fourth-order valence-corrected chi connectivity index (χ4v) is 3.00. The molecular formula is C17H18N2O4. The molecule has 0 radical (unpaired) electrons. The number of amides is 1. The molecule has 1 aliphatic carbocycles. The molecule has 120 valence electrons. The van der Waals surface area contributed by atoms with Gasteiger partial charge in [0.15, 0.2) is 5.89 Å². The predicted octanol–water partition coefficient (Wildman–Crippen LogP) is 2.28. The number of aromatic carboxylic acids is 1. The Labute approximate surface area is 133 Å². The molecular weight excluding hydrogens is 296 g/mol. The van der Waals surface area contributed by atoms with E-state index in [1.165, 1.54) is 0 Å². The van der Waals surface area contributed by atoms with Crippen LogP contribution in [0.5, 0.6) is 0 Å². The number of oxazole rings is 1. The normalized spacial score (nSPS) is 16.7. The van der Waals surface area contributed by atoms with E-state index in [2.05, 4.69) is 10.3 Å². The van der Waals surface area contributed by atoms with Gasteiger partial charge in [0.1, 0.15) is 0 Å². The maximum Gasteiger partial charge on any atom is 0.335 e. The standard InChI is InChI=1S/C17H18N2O4/c1-9-15(23-10(2)18-9)16(20)19-14-6-5-11-7-13(17(21)22)4-3-12(11)8-14/h3-4,7,14H,5-6,8H2,1-2H3,(H,19,20)(H,21,22). The van der Waals surface area contributed by atoms with Crippen LogP contribution >= 0.6 is 0 Å². The monoisotopic (exact) mass is 314 g/mol. The van der Waals surface area contributed by atoms with Gasteiger partial charge in [-0.2, -0.15) is 0 Å². The number of aryl methyl sites for hydroxylation is 3. The zero-order valence-electron chi connectivity index (χ0n) is 13.0. The highest BCUT2D eigenvalue weighted by molar-refractivity contribution is 5.92. The molecule has 0 bridgehead atoms. The third kappa shape index (κ3) is 3.11. The van der Waals surface area contributed by atoms with Crippen molar-refractivity contribution in [3.8, 4) is 0 Å². The number of hydrogen-bond donors (Lipinski definition) is 2. The van der Waals surface area contributed by atoms with Gasteiger partial charge in [-0.3, -0.25) is 4.79 Å². The van der Waals surface area contributed by atoms with Gasteiger partial charge < -0.3 is 14.8 Å². The molecule has 1 heterocycles. The zero-order chi connectivity index (χ0) is 16.6. The van der Waals surface area contributed by atoms with Crippen molar-refractivity contribution < 1.29 is 19.1 Å². The average Bonchev–Trinajstić information content (AvgIpc) is 2.85. The van der Waals surface area contributed by atoms with Crippen molar-refractivity contribution in [1.82, 2.24) is 10.3 Å². The summed E-state index contributed by atoms with van der Waals surface area (Å²) in [4.78, 5) is 27.4. The van der Waals surface area contributed by atoms with Crippen LogP contribution in [0.15, 0.2) is 22.6 Å². The molecule has 1 atom stereocenters. The fraction of sp³-hybridized carbons (Fsp3) is 0.353. The first-order chi connectivity index (χ1) is 10.9. The smallest absolute Gasteiger partial charge is 0.335 e. The number of rotatable bonds is 3. The maximum atomic E-state index is 12.3. The van der Waals surface area contributed by atoms with E-state index in [4.69, 9.17) is 9.52 Å². The van der Waals surface area contributed by atoms with Crippen LogP contribution in [-0.2, 0) is 12.8 Å². The lowest BCUT2D eigenvalue weighted by molar-refractivity contribution is 0.0696. The van der Waals surface area contributed by atoms with E-state index < -0.39 is 5.97 Å². The Morgan fingerprint density at radius 3 is 2.74 bits per heavy atom. The van der Waals surface area contributed by atoms with Crippen LogP contribution in [0.25, 0.3) is 0 Å². The van der Waals surface area contributed by atoms with Crippen molar-refractivity contribution in [1.29, 1.82) is 0 Å². The summed E-state index contributed by atoms with van der Waals surface area (Å²) in [7, 11) is 0. The molecule has 23 heavy (non-hydrogen) atoms. The Morgan fingerprint density at radius 2 is 2.09 bits per heavy atom. The SMILES string of the molecule is Cc1nc(C)c(C(=O)NC2CCc3cc(C(=O)O)ccc3C2)o1. The van der Waals surface area contributed by atoms with Crippen LogP contribution in [0.2, 0.25) is 0 Å². The molecule has 6 nitrogen and oxygen atoms in total. The minimum atomic E-state index is -0.917. The molecule has 2 N–H and O–H groups in total. The number of aromatic nitrogens is 1. The van der Waals surface area contributed by atoms with Gasteiger partial charge in [0, 0.05) is 13.0 Å². The number of benzene rings is 1. The van der Waals surface area contributed by atoms with Gasteiger partial charge in [-0.15, -0.1) is 0 Å². The lowest BCUT2D eigenvalue weighted by atomic mass is 9.87. The van der Waals surface area contributed by atoms with Gasteiger partial charge in [-0.25, -0.2) is 9.78 Å². The first-order valence-corrected chi connectivity index (χ1v) is 7.54. The van der Waals surface area contributed by atoms with Gasteiger partial charge in [0.2, 0.25) is 5.76 Å². The van der Waals surface area contributed by atoms with Crippen molar-refractivity contribution in [2.24, 2.45) is 0 Å². The molecule has 0 aliphatic heterocycles. The molecule has 3 rings (SSSR count). The Bertz CT molecular complexity index is 779. The van der Waals surface area contributed by atoms with Crippen molar-refractivity contribution >= 4 is 11.9 Å². The number of carbonyl (C=O) groups excluding carboxylic acids is 1. The summed E-state index contributed by atoms with van der Waals surface area (Å²) in [5.41, 5.74) is 3.01. The molecule has 1 aliphatic rings. The van der Waals surface area contributed by atoms with Crippen LogP contribution in [-0.4, -0.2) is 28.0 Å². The topological polar surface area (TPSA) is 92.4 Å². The van der Waals surface area contributed by atoms with Gasteiger partial charge in [-0.1, -0.05) is 6.07 Å². The number of carboxylic acid groups (broad SMARTS) is 1. The predicted molar refractivity (Wildman–Crippen MR) is 82.7 cm³/mol. The second-order valence-electron chi connectivity index (χ2n) is 5.85. The van der Waals surface area contributed by atoms with E-state index in [1.54, 1.807) is 26.0 Å². The van der Waals surface area contributed by atoms with Crippen LogP contribution in [0.3, 0.4) is 0 Å². The molecule has 1 unspecified atom stereocenters. The van der Waals surface area contributed by atoms with E-state index in [1.807, 2.05) is 6.07 Å². The van der Waals surface area contributed by atoms with Crippen LogP contribution < -0.4 is 5.32 Å². The summed E-state index contributed by atoms with van der Waals surface area (Å²) in [6.45, 7) is 3.45. The van der Waals surface area contributed by atoms with E-state index >= 15 is 0 Å². The number of fused-ring (bicyclic) bond motifs is 1. The lowest BCUT2D eigenvalue weighted by Crippen LogP contribution is -2.39. The maximum absolute atomic E-state index is 12.3. The first kappa shape index (κ1) is 15.3. The third-order valence-electron chi connectivity index (χ3n) is 4.13. The number of nitrogens with one attached hydrogen (secondary N) is 1. The highest BCUT2D eigenvalue weighted by atomic mass is 16.4. The highest BCUT2D eigenvalue weighted by Crippen LogP contribution is 2.23. The molecule has 6 heteroatoms. The largest absolute Gasteiger partial charge is 0.478 e. The summed E-state index contributed by atoms with van der Waals surface area (Å²) in [6, 6.07) is 5.17. The van der Waals surface area contributed by atoms with Crippen LogP contribution in [0.4, 0.5) is 0 Å². The van der Waals surface area contributed by atoms with E-state index in [0.717, 1.165) is 24.0 Å². The van der Waals surface area contributed by atoms with E-state index in [0.29, 0.717) is 23.6 Å². The Kier molecular flexibility index (Phi) is 3.90. The van der Waals surface area contributed by atoms with Gasteiger partial charge >= 0.3 is 5.97 Å². The molecule has 1 amide bonds. The molecule has 2 aromatic rings. The molecule has 1 aromatic carbocycles. The summed E-state index contributed by atoms with van der Waals surface area (Å²) in [5, 5.41) is 12.0. The number of nitrogens with zero attached hydrogens (tertiary/aromatic N) is 1. The summed E-state index contributed by atoms with van der Waals surface area (Å²) in [5.74, 6) is -0.435. The molecule has 1 aromatic heterocycles. The van der Waals surface area contributed by atoms with Crippen LogP contribution in [0.1, 0.15) is 50.0 Å². The summed E-state index contributed by atoms with van der Waals surface area (Å²) in [6.07, 6.45) is 2.21. The van der Waals surface area contributed by atoms with E-state index in [-0.39, 0.29) is 17.7 Å². The first-order valence-electron chi connectivity index (χ1n) is 7.54. The average molecular weight is 314 g/mol. The second kappa shape index (κ2) is 5.87. The Hall–Kier alpha value is -2.63. The molecule has 0 spiro atoms. The van der Waals surface area contributed by atoms with Gasteiger partial charge in [0.05, 0.1) is 11.3 Å². The third-order valence-corrected chi connectivity index (χ3v) is 4.13.